The van der Waals surface area contributed by atoms with E-state index in [-0.39, 0.29) is 67.1 Å². The molecule has 0 spiro atoms. The number of hydrogen-bond acceptors (Lipinski definition) is 6. The summed E-state index contributed by atoms with van der Waals surface area (Å²) in [6.07, 6.45) is 0.746. The summed E-state index contributed by atoms with van der Waals surface area (Å²) >= 11 is 0. The van der Waals surface area contributed by atoms with E-state index in [0.29, 0.717) is 6.42 Å². The number of aliphatic hydroxyl groups excluding tert-OH is 2. The number of carbonyl (C=O) groups is 1. The van der Waals surface area contributed by atoms with Crippen molar-refractivity contribution in [1.82, 2.24) is 0 Å². The Morgan fingerprint density at radius 3 is 2.62 bits per heavy atom. The van der Waals surface area contributed by atoms with E-state index in [2.05, 4.69) is 5.73 Å². The predicted molar refractivity (Wildman–Crippen MR) is 112 cm³/mol. The van der Waals surface area contributed by atoms with Gasteiger partial charge in [-0.05, 0) is 62.5 Å². The molecule has 1 aromatic rings. The first-order valence-corrected chi connectivity index (χ1v) is 10.6. The average Bonchev–Trinajstić information content (AvgIpc) is 2.99. The van der Waals surface area contributed by atoms with Gasteiger partial charge in [0.15, 0.2) is 0 Å². The zero-order valence-electron chi connectivity index (χ0n) is 19.2. The second kappa shape index (κ2) is 13.5. The monoisotopic (exact) mass is 492 g/mol. The molecular formula is C24H28F3NaO6. The number of rotatable bonds is 10. The smallest absolute Gasteiger partial charge is 0.550 e. The van der Waals surface area contributed by atoms with Crippen LogP contribution in [-0.4, -0.2) is 45.7 Å². The van der Waals surface area contributed by atoms with Gasteiger partial charge in [-0.3, -0.25) is 0 Å². The molecule has 0 aliphatic heterocycles. The van der Waals surface area contributed by atoms with Crippen molar-refractivity contribution in [3.05, 3.63) is 59.9 Å². The number of allylic oxidation sites excluding steroid dienone is 1. The maximum atomic E-state index is 12.8. The molecule has 0 saturated heterocycles. The first-order valence-electron chi connectivity index (χ1n) is 10.6. The second-order valence-corrected chi connectivity index (χ2v) is 8.36. The van der Waals surface area contributed by atoms with Crippen LogP contribution in [0.3, 0.4) is 0 Å². The van der Waals surface area contributed by atoms with Crippen LogP contribution in [0.5, 0.6) is 5.75 Å². The molecule has 1 unspecified atom stereocenters. The molecule has 1 aliphatic rings. The molecule has 1 aliphatic carbocycles. The first kappa shape index (κ1) is 30.5. The summed E-state index contributed by atoms with van der Waals surface area (Å²) in [4.78, 5) is 10.4. The molecule has 2 rings (SSSR count). The first-order chi connectivity index (χ1) is 15.4. The molecule has 5 atom stereocenters. The van der Waals surface area contributed by atoms with Crippen molar-refractivity contribution >= 4 is 5.97 Å². The standard InChI is InChI=1S/C24H29F3O6.Na/c1-23(32,15-33-17-8-6-7-16(13-17)24(25,26)27)12-11-19-18(20(28)14-21(19)29)9-4-2-3-5-10-22(30)31;/h3-4,6-8,11-13,18-21,28-29,32H,5,9-10,14-15H2,1H3,(H,30,31);/q;+1/p-1/t2?,18-,19-,20+,21-,23?;/m1./s1. The van der Waals surface area contributed by atoms with Crippen molar-refractivity contribution in [2.45, 2.75) is 56.6 Å². The van der Waals surface area contributed by atoms with Crippen molar-refractivity contribution in [3.8, 4) is 5.75 Å². The van der Waals surface area contributed by atoms with Crippen molar-refractivity contribution in [2.75, 3.05) is 6.61 Å². The molecule has 182 valence electrons. The van der Waals surface area contributed by atoms with Crippen LogP contribution < -0.4 is 39.4 Å². The molecule has 34 heavy (non-hydrogen) atoms. The van der Waals surface area contributed by atoms with E-state index >= 15 is 0 Å². The maximum Gasteiger partial charge on any atom is 1.00 e. The Kier molecular flexibility index (Phi) is 12.1. The summed E-state index contributed by atoms with van der Waals surface area (Å²) in [6, 6.07) is 4.34. The summed E-state index contributed by atoms with van der Waals surface area (Å²) < 4.78 is 43.8. The van der Waals surface area contributed by atoms with Gasteiger partial charge in [0.25, 0.3) is 0 Å². The molecule has 10 heteroatoms. The van der Waals surface area contributed by atoms with Gasteiger partial charge in [0.2, 0.25) is 0 Å². The molecule has 0 radical (unpaired) electrons. The molecular weight excluding hydrogens is 464 g/mol. The third-order valence-electron chi connectivity index (χ3n) is 5.40. The van der Waals surface area contributed by atoms with Crippen LogP contribution in [-0.2, 0) is 11.0 Å². The Morgan fingerprint density at radius 1 is 1.26 bits per heavy atom. The Hall–Kier alpha value is -1.58. The van der Waals surface area contributed by atoms with E-state index in [4.69, 9.17) is 4.74 Å². The largest absolute Gasteiger partial charge is 1.00 e. The van der Waals surface area contributed by atoms with E-state index in [1.807, 2.05) is 0 Å². The zero-order chi connectivity index (χ0) is 24.6. The summed E-state index contributed by atoms with van der Waals surface area (Å²) in [5, 5.41) is 41.5. The van der Waals surface area contributed by atoms with E-state index in [1.54, 1.807) is 18.2 Å². The fourth-order valence-electron chi connectivity index (χ4n) is 3.63. The molecule has 0 aromatic heterocycles. The number of carboxylic acid groups (broad SMARTS) is 1. The summed E-state index contributed by atoms with van der Waals surface area (Å²) in [6.45, 7) is 1.10. The molecule has 1 fully saturated rings. The molecule has 0 bridgehead atoms. The summed E-state index contributed by atoms with van der Waals surface area (Å²) in [5.74, 6) is -2.01. The average molecular weight is 492 g/mol. The Balaban J connectivity index is 0.00000578. The van der Waals surface area contributed by atoms with Gasteiger partial charge in [0.05, 0.1) is 17.8 Å². The van der Waals surface area contributed by atoms with Gasteiger partial charge < -0.3 is 30.0 Å². The molecule has 1 aromatic carbocycles. The van der Waals surface area contributed by atoms with Crippen LogP contribution in [0.2, 0.25) is 0 Å². The number of carboxylic acids is 1. The van der Waals surface area contributed by atoms with E-state index in [9.17, 15) is 38.4 Å². The number of benzene rings is 1. The number of hydrogen-bond donors (Lipinski definition) is 3. The van der Waals surface area contributed by atoms with Gasteiger partial charge in [-0.2, -0.15) is 13.2 Å². The second-order valence-electron chi connectivity index (χ2n) is 8.36. The topological polar surface area (TPSA) is 110 Å². The van der Waals surface area contributed by atoms with Gasteiger partial charge in [0, 0.05) is 18.3 Å². The summed E-state index contributed by atoms with van der Waals surface area (Å²) in [5.41, 5.74) is 0.449. The number of alkyl halides is 3. The molecule has 6 nitrogen and oxygen atoms in total. The van der Waals surface area contributed by atoms with Gasteiger partial charge in [-0.25, -0.2) is 0 Å². The predicted octanol–water partition coefficient (Wildman–Crippen LogP) is -0.615. The Labute approximate surface area is 218 Å². The third-order valence-corrected chi connectivity index (χ3v) is 5.40. The quantitative estimate of drug-likeness (QED) is 0.228. The number of ether oxygens (including phenoxy) is 1. The Bertz CT molecular complexity index is 893. The van der Waals surface area contributed by atoms with Crippen LogP contribution in [0.15, 0.2) is 54.3 Å². The minimum Gasteiger partial charge on any atom is -0.550 e. The van der Waals surface area contributed by atoms with Crippen LogP contribution >= 0.6 is 0 Å². The van der Waals surface area contributed by atoms with Crippen molar-refractivity contribution in [2.24, 2.45) is 11.8 Å². The normalized spacial score (nSPS) is 24.1. The van der Waals surface area contributed by atoms with Gasteiger partial charge in [0.1, 0.15) is 18.0 Å². The Morgan fingerprint density at radius 2 is 1.97 bits per heavy atom. The van der Waals surface area contributed by atoms with Crippen molar-refractivity contribution in [1.29, 1.82) is 0 Å². The molecule has 0 amide bonds. The van der Waals surface area contributed by atoms with E-state index in [1.165, 1.54) is 25.1 Å². The van der Waals surface area contributed by atoms with Gasteiger partial charge in [-0.15, -0.1) is 5.73 Å². The SMILES string of the molecule is CC(O)(C=C[C@@H]1[C@@H](CC=C=CCCC(=O)[O-])[C@@H](O)C[C@H]1O)COc1cccc(C(F)(F)F)c1.[Na+]. The van der Waals surface area contributed by atoms with Crippen LogP contribution in [0, 0.1) is 11.8 Å². The fourth-order valence-corrected chi connectivity index (χ4v) is 3.63. The van der Waals surface area contributed by atoms with Crippen molar-refractivity contribution in [3.63, 3.8) is 0 Å². The minimum atomic E-state index is -4.51. The van der Waals surface area contributed by atoms with E-state index < -0.39 is 41.4 Å². The van der Waals surface area contributed by atoms with Crippen LogP contribution in [0.25, 0.3) is 0 Å². The number of aliphatic hydroxyl groups is 3. The number of halogens is 3. The molecule has 1 saturated carbocycles. The number of aliphatic carboxylic acids is 1. The molecule has 3 N–H and O–H groups in total. The third kappa shape index (κ3) is 9.96. The molecule has 0 heterocycles. The summed E-state index contributed by atoms with van der Waals surface area (Å²) in [7, 11) is 0. The maximum absolute atomic E-state index is 12.8. The van der Waals surface area contributed by atoms with E-state index in [0.717, 1.165) is 12.1 Å². The minimum absolute atomic E-state index is 0. The van der Waals surface area contributed by atoms with Crippen LogP contribution in [0.1, 0.15) is 38.2 Å². The fraction of sp³-hybridized carbons (Fsp3) is 0.500. The van der Waals surface area contributed by atoms with Gasteiger partial charge >= 0.3 is 35.7 Å². The zero-order valence-corrected chi connectivity index (χ0v) is 21.2. The van der Waals surface area contributed by atoms with Gasteiger partial charge in [-0.1, -0.05) is 18.2 Å². The number of carbonyl (C=O) groups excluding carboxylic acids is 1. The van der Waals surface area contributed by atoms with Crippen molar-refractivity contribution < 1.29 is 72.7 Å². The van der Waals surface area contributed by atoms with Crippen LogP contribution in [0.4, 0.5) is 13.2 Å².